The lowest BCUT2D eigenvalue weighted by Crippen LogP contribution is -2.45. The molecule has 0 bridgehead atoms. The number of hydrogen-bond acceptors (Lipinski definition) is 1. The van der Waals surface area contributed by atoms with Crippen molar-refractivity contribution in [2.45, 2.75) is 20.0 Å². The van der Waals surface area contributed by atoms with Gasteiger partial charge in [0.1, 0.15) is 0 Å². The summed E-state index contributed by atoms with van der Waals surface area (Å²) in [6, 6.07) is 7.94. The van der Waals surface area contributed by atoms with Crippen LogP contribution < -0.4 is 5.19 Å². The molecule has 0 aromatic heterocycles. The van der Waals surface area contributed by atoms with Crippen LogP contribution in [-0.2, 0) is 4.43 Å². The minimum Gasteiger partial charge on any atom is -0.413 e. The van der Waals surface area contributed by atoms with Crippen molar-refractivity contribution in [2.75, 3.05) is 6.61 Å². The van der Waals surface area contributed by atoms with Crippen molar-refractivity contribution in [1.29, 1.82) is 0 Å². The van der Waals surface area contributed by atoms with Gasteiger partial charge in [-0.05, 0) is 31.3 Å². The third kappa shape index (κ3) is 2.56. The van der Waals surface area contributed by atoms with Gasteiger partial charge in [-0.1, -0.05) is 29.8 Å². The molecule has 1 rings (SSSR count). The van der Waals surface area contributed by atoms with Crippen LogP contribution in [0.15, 0.2) is 24.3 Å². The van der Waals surface area contributed by atoms with Crippen LogP contribution in [0.5, 0.6) is 0 Å². The average Bonchev–Trinajstić information content (AvgIpc) is 2.04. The SMILES string of the molecule is CCO[Si](C)(C)c1ccccc1Cl. The highest BCUT2D eigenvalue weighted by Crippen LogP contribution is 2.12. The van der Waals surface area contributed by atoms with E-state index in [0.717, 1.165) is 11.6 Å². The van der Waals surface area contributed by atoms with Crippen LogP contribution in [-0.4, -0.2) is 14.9 Å². The Hall–Kier alpha value is -0.313. The fraction of sp³-hybridized carbons (Fsp3) is 0.400. The first-order valence-corrected chi connectivity index (χ1v) is 7.75. The van der Waals surface area contributed by atoms with Gasteiger partial charge in [-0.25, -0.2) is 0 Å². The highest BCUT2D eigenvalue weighted by atomic mass is 35.5. The van der Waals surface area contributed by atoms with Crippen molar-refractivity contribution in [1.82, 2.24) is 0 Å². The Kier molecular flexibility index (Phi) is 3.53. The zero-order valence-electron chi connectivity index (χ0n) is 8.30. The topological polar surface area (TPSA) is 9.23 Å². The Bertz CT molecular complexity index is 286. The minimum atomic E-state index is -1.76. The first-order chi connectivity index (χ1) is 6.08. The lowest BCUT2D eigenvalue weighted by molar-refractivity contribution is 0.339. The summed E-state index contributed by atoms with van der Waals surface area (Å²) in [5.41, 5.74) is 0. The Morgan fingerprint density at radius 3 is 2.46 bits per heavy atom. The Morgan fingerprint density at radius 2 is 1.92 bits per heavy atom. The molecule has 0 heterocycles. The van der Waals surface area contributed by atoms with E-state index in [1.807, 2.05) is 25.1 Å². The second-order valence-electron chi connectivity index (χ2n) is 3.42. The molecule has 13 heavy (non-hydrogen) atoms. The van der Waals surface area contributed by atoms with Gasteiger partial charge in [-0.15, -0.1) is 0 Å². The van der Waals surface area contributed by atoms with E-state index >= 15 is 0 Å². The molecular weight excluding hydrogens is 200 g/mol. The summed E-state index contributed by atoms with van der Waals surface area (Å²) in [5, 5.41) is 2.01. The molecule has 0 unspecified atom stereocenters. The van der Waals surface area contributed by atoms with Crippen LogP contribution in [0.1, 0.15) is 6.92 Å². The second-order valence-corrected chi connectivity index (χ2v) is 7.68. The van der Waals surface area contributed by atoms with E-state index in [-0.39, 0.29) is 0 Å². The lowest BCUT2D eigenvalue weighted by Gasteiger charge is -2.23. The largest absolute Gasteiger partial charge is 0.413 e. The van der Waals surface area contributed by atoms with Crippen molar-refractivity contribution in [3.63, 3.8) is 0 Å². The first kappa shape index (κ1) is 10.8. The molecule has 0 spiro atoms. The Balaban J connectivity index is 2.99. The summed E-state index contributed by atoms with van der Waals surface area (Å²) in [5.74, 6) is 0. The van der Waals surface area contributed by atoms with Crippen LogP contribution in [0.4, 0.5) is 0 Å². The molecule has 0 saturated carbocycles. The third-order valence-electron chi connectivity index (χ3n) is 2.03. The summed E-state index contributed by atoms with van der Waals surface area (Å²) in [6.07, 6.45) is 0. The van der Waals surface area contributed by atoms with Crippen molar-refractivity contribution < 1.29 is 4.43 Å². The number of benzene rings is 1. The van der Waals surface area contributed by atoms with Crippen LogP contribution in [0.2, 0.25) is 18.1 Å². The summed E-state index contributed by atoms with van der Waals surface area (Å²) in [4.78, 5) is 0. The fourth-order valence-electron chi connectivity index (χ4n) is 1.39. The van der Waals surface area contributed by atoms with Gasteiger partial charge in [0, 0.05) is 11.6 Å². The normalized spacial score (nSPS) is 11.7. The molecule has 72 valence electrons. The Labute approximate surface area is 85.8 Å². The molecule has 0 atom stereocenters. The summed E-state index contributed by atoms with van der Waals surface area (Å²) >= 11 is 6.10. The first-order valence-electron chi connectivity index (χ1n) is 4.47. The van der Waals surface area contributed by atoms with Crippen molar-refractivity contribution in [3.8, 4) is 0 Å². The van der Waals surface area contributed by atoms with Crippen LogP contribution >= 0.6 is 11.6 Å². The van der Waals surface area contributed by atoms with E-state index in [4.69, 9.17) is 16.0 Å². The lowest BCUT2D eigenvalue weighted by atomic mass is 10.4. The number of hydrogen-bond donors (Lipinski definition) is 0. The van der Waals surface area contributed by atoms with Crippen molar-refractivity contribution in [3.05, 3.63) is 29.3 Å². The van der Waals surface area contributed by atoms with Gasteiger partial charge in [0.2, 0.25) is 8.32 Å². The molecular formula is C10H15ClOSi. The smallest absolute Gasteiger partial charge is 0.219 e. The van der Waals surface area contributed by atoms with E-state index in [9.17, 15) is 0 Å². The molecule has 3 heteroatoms. The van der Waals surface area contributed by atoms with Gasteiger partial charge in [0.15, 0.2) is 0 Å². The van der Waals surface area contributed by atoms with Gasteiger partial charge >= 0.3 is 0 Å². The Morgan fingerprint density at radius 1 is 1.31 bits per heavy atom. The minimum absolute atomic E-state index is 0.754. The molecule has 0 aliphatic carbocycles. The van der Waals surface area contributed by atoms with Gasteiger partial charge in [0.05, 0.1) is 0 Å². The highest BCUT2D eigenvalue weighted by molar-refractivity contribution is 6.86. The molecule has 1 aromatic carbocycles. The molecule has 0 aliphatic heterocycles. The average molecular weight is 215 g/mol. The van der Waals surface area contributed by atoms with E-state index < -0.39 is 8.32 Å². The zero-order chi connectivity index (χ0) is 9.90. The molecule has 0 saturated heterocycles. The monoisotopic (exact) mass is 214 g/mol. The van der Waals surface area contributed by atoms with E-state index in [1.54, 1.807) is 0 Å². The maximum atomic E-state index is 6.10. The summed E-state index contributed by atoms with van der Waals surface area (Å²) in [6.45, 7) is 7.10. The fourth-order valence-corrected chi connectivity index (χ4v) is 4.24. The third-order valence-corrected chi connectivity index (χ3v) is 5.26. The van der Waals surface area contributed by atoms with Gasteiger partial charge < -0.3 is 4.43 Å². The molecule has 0 N–H and O–H groups in total. The number of halogens is 1. The second kappa shape index (κ2) is 4.27. The summed E-state index contributed by atoms with van der Waals surface area (Å²) < 4.78 is 5.75. The van der Waals surface area contributed by atoms with Crippen LogP contribution in [0.3, 0.4) is 0 Å². The predicted molar refractivity (Wildman–Crippen MR) is 60.2 cm³/mol. The van der Waals surface area contributed by atoms with Crippen molar-refractivity contribution >= 4 is 25.1 Å². The molecule has 0 aliphatic rings. The number of rotatable bonds is 3. The van der Waals surface area contributed by atoms with Gasteiger partial charge in [-0.3, -0.25) is 0 Å². The van der Waals surface area contributed by atoms with Crippen LogP contribution in [0.25, 0.3) is 0 Å². The summed E-state index contributed by atoms with van der Waals surface area (Å²) in [7, 11) is -1.76. The predicted octanol–water partition coefficient (Wildman–Crippen LogP) is 2.79. The maximum absolute atomic E-state index is 6.10. The maximum Gasteiger partial charge on any atom is 0.219 e. The van der Waals surface area contributed by atoms with Gasteiger partial charge in [-0.2, -0.15) is 0 Å². The van der Waals surface area contributed by atoms with Gasteiger partial charge in [0.25, 0.3) is 0 Å². The highest BCUT2D eigenvalue weighted by Gasteiger charge is 2.26. The van der Waals surface area contributed by atoms with Crippen LogP contribution in [0, 0.1) is 0 Å². The quantitative estimate of drug-likeness (QED) is 0.704. The molecule has 0 amide bonds. The molecule has 0 radical (unpaired) electrons. The van der Waals surface area contributed by atoms with E-state index in [0.29, 0.717) is 0 Å². The van der Waals surface area contributed by atoms with E-state index in [2.05, 4.69) is 19.2 Å². The molecule has 0 fully saturated rings. The zero-order valence-corrected chi connectivity index (χ0v) is 10.1. The molecule has 1 aromatic rings. The van der Waals surface area contributed by atoms with E-state index in [1.165, 1.54) is 5.19 Å². The standard InChI is InChI=1S/C10H15ClOSi/c1-4-12-13(2,3)10-8-6-5-7-9(10)11/h5-8H,4H2,1-3H3. The van der Waals surface area contributed by atoms with Crippen molar-refractivity contribution in [2.24, 2.45) is 0 Å². The molecule has 1 nitrogen and oxygen atoms in total.